The maximum Gasteiger partial charge on any atom is 0.266 e. The average molecular weight is 442 g/mol. The molecular weight excluding hydrogens is 426 g/mol. The normalized spacial score (nSPS) is 20.4. The number of halogens is 1. The van der Waals surface area contributed by atoms with Crippen LogP contribution in [-0.2, 0) is 14.3 Å². The predicted octanol–water partition coefficient (Wildman–Crippen LogP) is 2.01. The molecule has 9 heteroatoms. The summed E-state index contributed by atoms with van der Waals surface area (Å²) in [6.07, 6.45) is 1.78. The number of benzene rings is 1. The Kier molecular flexibility index (Phi) is 6.24. The van der Waals surface area contributed by atoms with Crippen molar-refractivity contribution in [3.63, 3.8) is 0 Å². The fourth-order valence-corrected chi connectivity index (χ4v) is 4.09. The topological polar surface area (TPSA) is 61.9 Å². The van der Waals surface area contributed by atoms with E-state index in [4.69, 9.17) is 17.0 Å². The van der Waals surface area contributed by atoms with Gasteiger partial charge in [-0.25, -0.2) is 5.01 Å². The van der Waals surface area contributed by atoms with E-state index in [1.807, 2.05) is 24.3 Å². The van der Waals surface area contributed by atoms with Crippen molar-refractivity contribution in [3.8, 4) is 0 Å². The monoisotopic (exact) mass is 441 g/mol. The lowest BCUT2D eigenvalue weighted by molar-refractivity contribution is -0.132. The molecule has 1 N–H and O–H groups in total. The van der Waals surface area contributed by atoms with Crippen molar-refractivity contribution in [1.29, 1.82) is 0 Å². The summed E-state index contributed by atoms with van der Waals surface area (Å²) in [6.45, 7) is 2.34. The number of nitrogens with zero attached hydrogens (tertiary/aromatic N) is 2. The summed E-state index contributed by atoms with van der Waals surface area (Å²) in [5.41, 5.74) is 3.68. The minimum atomic E-state index is -0.262. The molecule has 2 heterocycles. The fraction of sp³-hybridized carbons (Fsp3) is 0.312. The Balaban J connectivity index is 1.63. The first-order valence-electron chi connectivity index (χ1n) is 7.66. The molecule has 2 aliphatic rings. The molecule has 3 rings (SSSR count). The molecule has 0 aromatic heterocycles. The third-order valence-electron chi connectivity index (χ3n) is 3.62. The standard InChI is InChI=1S/C16H16BrN3O3S2/c17-12-3-1-2-11(8-12)9-13-15(22)20(16(24)25-13)10-14(21)18-19-4-6-23-7-5-19/h1-3,8-9H,4-7,10H2,(H,18,21). The van der Waals surface area contributed by atoms with E-state index in [0.29, 0.717) is 35.5 Å². The summed E-state index contributed by atoms with van der Waals surface area (Å²) in [5.74, 6) is -0.506. The number of ether oxygens (including phenoxy) is 1. The molecule has 0 saturated carbocycles. The lowest BCUT2D eigenvalue weighted by atomic mass is 10.2. The van der Waals surface area contributed by atoms with Crippen molar-refractivity contribution < 1.29 is 14.3 Å². The van der Waals surface area contributed by atoms with Crippen LogP contribution in [0.2, 0.25) is 0 Å². The Hall–Kier alpha value is -1.26. The van der Waals surface area contributed by atoms with E-state index < -0.39 is 0 Å². The number of thiocarbonyl (C=S) groups is 1. The molecule has 132 valence electrons. The maximum absolute atomic E-state index is 12.6. The molecule has 0 bridgehead atoms. The van der Waals surface area contributed by atoms with Crippen molar-refractivity contribution in [2.75, 3.05) is 32.8 Å². The molecule has 2 aliphatic heterocycles. The number of rotatable bonds is 4. The number of hydrogen-bond acceptors (Lipinski definition) is 6. The zero-order valence-electron chi connectivity index (χ0n) is 13.2. The molecule has 1 aromatic carbocycles. The van der Waals surface area contributed by atoms with E-state index in [1.165, 1.54) is 16.7 Å². The number of hydrogen-bond donors (Lipinski definition) is 1. The highest BCUT2D eigenvalue weighted by Crippen LogP contribution is 2.32. The van der Waals surface area contributed by atoms with Crippen LogP contribution in [0.1, 0.15) is 5.56 Å². The first-order chi connectivity index (χ1) is 12.0. The molecule has 6 nitrogen and oxygen atoms in total. The van der Waals surface area contributed by atoms with Crippen molar-refractivity contribution >= 4 is 62.1 Å². The van der Waals surface area contributed by atoms with Crippen LogP contribution in [0.4, 0.5) is 0 Å². The van der Waals surface area contributed by atoms with Gasteiger partial charge in [-0.15, -0.1) is 0 Å². The van der Waals surface area contributed by atoms with Crippen LogP contribution in [0.15, 0.2) is 33.6 Å². The summed E-state index contributed by atoms with van der Waals surface area (Å²) < 4.78 is 6.56. The maximum atomic E-state index is 12.6. The molecule has 0 radical (unpaired) electrons. The molecule has 0 unspecified atom stereocenters. The van der Waals surface area contributed by atoms with Gasteiger partial charge >= 0.3 is 0 Å². The Morgan fingerprint density at radius 3 is 2.88 bits per heavy atom. The van der Waals surface area contributed by atoms with Crippen LogP contribution < -0.4 is 5.43 Å². The van der Waals surface area contributed by atoms with Crippen LogP contribution >= 0.6 is 39.9 Å². The minimum Gasteiger partial charge on any atom is -0.379 e. The van der Waals surface area contributed by atoms with Gasteiger partial charge in [-0.1, -0.05) is 52.0 Å². The average Bonchev–Trinajstić information content (AvgIpc) is 2.83. The van der Waals surface area contributed by atoms with Gasteiger partial charge < -0.3 is 4.74 Å². The van der Waals surface area contributed by atoms with Gasteiger partial charge in [0.05, 0.1) is 18.1 Å². The number of hydrazine groups is 1. The Morgan fingerprint density at radius 2 is 2.16 bits per heavy atom. The van der Waals surface area contributed by atoms with Gasteiger partial charge in [-0.05, 0) is 23.8 Å². The molecule has 2 fully saturated rings. The third kappa shape index (κ3) is 4.89. The van der Waals surface area contributed by atoms with Gasteiger partial charge in [0.2, 0.25) is 0 Å². The number of morpholine rings is 1. The smallest absolute Gasteiger partial charge is 0.266 e. The van der Waals surface area contributed by atoms with Crippen molar-refractivity contribution in [1.82, 2.24) is 15.3 Å². The van der Waals surface area contributed by atoms with Crippen LogP contribution in [0.25, 0.3) is 6.08 Å². The minimum absolute atomic E-state index is 0.0855. The second-order valence-corrected chi connectivity index (χ2v) is 8.05. The first kappa shape index (κ1) is 18.5. The van der Waals surface area contributed by atoms with Crippen LogP contribution in [0.5, 0.6) is 0 Å². The predicted molar refractivity (Wildman–Crippen MR) is 105 cm³/mol. The Labute approximate surface area is 163 Å². The Morgan fingerprint density at radius 1 is 1.40 bits per heavy atom. The second kappa shape index (κ2) is 8.41. The third-order valence-corrected chi connectivity index (χ3v) is 5.49. The van der Waals surface area contributed by atoms with Gasteiger partial charge in [0.25, 0.3) is 11.8 Å². The van der Waals surface area contributed by atoms with E-state index in [0.717, 1.165) is 10.0 Å². The second-order valence-electron chi connectivity index (χ2n) is 5.46. The molecule has 0 spiro atoms. The van der Waals surface area contributed by atoms with Gasteiger partial charge in [-0.2, -0.15) is 0 Å². The summed E-state index contributed by atoms with van der Waals surface area (Å²) >= 11 is 9.88. The van der Waals surface area contributed by atoms with Gasteiger partial charge in [-0.3, -0.25) is 19.9 Å². The molecular formula is C16H16BrN3O3S2. The molecule has 2 amide bonds. The SMILES string of the molecule is O=C(CN1C(=O)C(=Cc2cccc(Br)c2)SC1=S)NN1CCOCC1. The van der Waals surface area contributed by atoms with Crippen molar-refractivity contribution in [2.24, 2.45) is 0 Å². The van der Waals surface area contributed by atoms with Gasteiger partial charge in [0, 0.05) is 17.6 Å². The van der Waals surface area contributed by atoms with Crippen LogP contribution in [0.3, 0.4) is 0 Å². The van der Waals surface area contributed by atoms with E-state index in [9.17, 15) is 9.59 Å². The van der Waals surface area contributed by atoms with Crippen LogP contribution in [0, 0.1) is 0 Å². The molecule has 2 saturated heterocycles. The van der Waals surface area contributed by atoms with E-state index in [-0.39, 0.29) is 18.4 Å². The van der Waals surface area contributed by atoms with E-state index in [1.54, 1.807) is 11.1 Å². The quantitative estimate of drug-likeness (QED) is 0.569. The van der Waals surface area contributed by atoms with E-state index in [2.05, 4.69) is 21.4 Å². The van der Waals surface area contributed by atoms with Crippen LogP contribution in [-0.4, -0.2) is 58.9 Å². The molecule has 25 heavy (non-hydrogen) atoms. The van der Waals surface area contributed by atoms with E-state index >= 15 is 0 Å². The lowest BCUT2D eigenvalue weighted by Gasteiger charge is -2.27. The highest BCUT2D eigenvalue weighted by Gasteiger charge is 2.33. The Bertz CT molecular complexity index is 735. The summed E-state index contributed by atoms with van der Waals surface area (Å²) in [4.78, 5) is 26.6. The number of amides is 2. The molecule has 1 aromatic rings. The fourth-order valence-electron chi connectivity index (χ4n) is 2.41. The zero-order valence-corrected chi connectivity index (χ0v) is 16.5. The summed E-state index contributed by atoms with van der Waals surface area (Å²) in [6, 6.07) is 7.63. The molecule has 0 aliphatic carbocycles. The van der Waals surface area contributed by atoms with Crippen molar-refractivity contribution in [2.45, 2.75) is 0 Å². The van der Waals surface area contributed by atoms with Gasteiger partial charge in [0.1, 0.15) is 10.9 Å². The number of carbonyl (C=O) groups is 2. The number of thioether (sulfide) groups is 1. The van der Waals surface area contributed by atoms with Crippen molar-refractivity contribution in [3.05, 3.63) is 39.2 Å². The first-order valence-corrected chi connectivity index (χ1v) is 9.68. The lowest BCUT2D eigenvalue weighted by Crippen LogP contribution is -2.51. The summed E-state index contributed by atoms with van der Waals surface area (Å²) in [5, 5.41) is 1.79. The molecule has 0 atom stereocenters. The highest BCUT2D eigenvalue weighted by molar-refractivity contribution is 9.10. The summed E-state index contributed by atoms with van der Waals surface area (Å²) in [7, 11) is 0. The largest absolute Gasteiger partial charge is 0.379 e. The number of nitrogens with one attached hydrogen (secondary N) is 1. The van der Waals surface area contributed by atoms with Gasteiger partial charge in [0.15, 0.2) is 0 Å². The number of carbonyl (C=O) groups excluding carboxylic acids is 2. The zero-order chi connectivity index (χ0) is 17.8. The highest BCUT2D eigenvalue weighted by atomic mass is 79.9.